The van der Waals surface area contributed by atoms with E-state index < -0.39 is 11.6 Å². The third kappa shape index (κ3) is 3.46. The van der Waals surface area contributed by atoms with Crippen molar-refractivity contribution in [1.29, 1.82) is 0 Å². The number of halogens is 2. The van der Waals surface area contributed by atoms with Crippen LogP contribution in [0.4, 0.5) is 4.39 Å². The number of hydrogen-bond donors (Lipinski definition) is 0. The van der Waals surface area contributed by atoms with Gasteiger partial charge in [0.05, 0.1) is 30.7 Å². The molecule has 6 nitrogen and oxygen atoms in total. The summed E-state index contributed by atoms with van der Waals surface area (Å²) in [7, 11) is 3.13. The average Bonchev–Trinajstić information content (AvgIpc) is 3.32. The predicted octanol–water partition coefficient (Wildman–Crippen LogP) is 1.47. The molecule has 0 atom stereocenters. The highest BCUT2D eigenvalue weighted by Gasteiger charge is 2.35. The van der Waals surface area contributed by atoms with E-state index in [2.05, 4.69) is 0 Å². The van der Waals surface area contributed by atoms with Crippen molar-refractivity contribution in [3.8, 4) is 34.3 Å². The maximum atomic E-state index is 14.8. The molecular formula is C27H21ClFNO5. The van der Waals surface area contributed by atoms with Crippen molar-refractivity contribution in [3.05, 3.63) is 77.2 Å². The maximum absolute atomic E-state index is 14.8. The van der Waals surface area contributed by atoms with Crippen LogP contribution in [-0.2, 0) is 13.0 Å². The van der Waals surface area contributed by atoms with Crippen LogP contribution in [0.15, 0.2) is 54.7 Å². The summed E-state index contributed by atoms with van der Waals surface area (Å²) >= 11 is 0. The molecule has 178 valence electrons. The summed E-state index contributed by atoms with van der Waals surface area (Å²) in [6.07, 6.45) is 2.71. The van der Waals surface area contributed by atoms with Gasteiger partial charge in [0.25, 0.3) is 0 Å². The smallest absolute Gasteiger partial charge is 0.231 e. The average molecular weight is 494 g/mol. The van der Waals surface area contributed by atoms with Crippen molar-refractivity contribution in [1.82, 2.24) is 0 Å². The second kappa shape index (κ2) is 8.74. The Hall–Kier alpha value is -3.84. The Bertz CT molecular complexity index is 1500. The highest BCUT2D eigenvalue weighted by molar-refractivity contribution is 6.20. The molecule has 2 aliphatic heterocycles. The summed E-state index contributed by atoms with van der Waals surface area (Å²) in [5.41, 5.74) is 3.05. The molecule has 8 heteroatoms. The number of carbonyl (C=O) groups excluding carboxylic acids is 1. The molecule has 4 aromatic rings. The first-order valence-corrected chi connectivity index (χ1v) is 10.9. The number of aryl methyl sites for hydroxylation is 2. The number of pyridine rings is 1. The van der Waals surface area contributed by atoms with Crippen LogP contribution in [0, 0.1) is 5.82 Å². The predicted molar refractivity (Wildman–Crippen MR) is 122 cm³/mol. The molecule has 0 N–H and O–H groups in total. The Morgan fingerprint density at radius 2 is 1.77 bits per heavy atom. The van der Waals surface area contributed by atoms with Crippen LogP contribution in [0.1, 0.15) is 21.5 Å². The largest absolute Gasteiger partial charge is 1.00 e. The molecule has 0 amide bonds. The van der Waals surface area contributed by atoms with Crippen molar-refractivity contribution in [2.24, 2.45) is 0 Å². The fourth-order valence-electron chi connectivity index (χ4n) is 4.92. The Balaban J connectivity index is 0.00000253. The number of ketones is 1. The lowest BCUT2D eigenvalue weighted by atomic mass is 9.88. The Kier molecular flexibility index (Phi) is 5.73. The van der Waals surface area contributed by atoms with Crippen LogP contribution >= 0.6 is 0 Å². The van der Waals surface area contributed by atoms with E-state index >= 15 is 0 Å². The van der Waals surface area contributed by atoms with Crippen LogP contribution in [-0.4, -0.2) is 26.8 Å². The van der Waals surface area contributed by atoms with E-state index in [-0.39, 0.29) is 24.8 Å². The van der Waals surface area contributed by atoms with Gasteiger partial charge in [-0.15, -0.1) is 0 Å². The van der Waals surface area contributed by atoms with Crippen LogP contribution < -0.4 is 35.9 Å². The van der Waals surface area contributed by atoms with Crippen LogP contribution in [0.5, 0.6) is 23.0 Å². The van der Waals surface area contributed by atoms with Gasteiger partial charge in [-0.25, -0.2) is 4.39 Å². The molecule has 3 aromatic carbocycles. The number of methoxy groups -OCH3 is 2. The van der Waals surface area contributed by atoms with Crippen molar-refractivity contribution in [2.45, 2.75) is 13.0 Å². The van der Waals surface area contributed by atoms with Gasteiger partial charge in [0.2, 0.25) is 18.3 Å². The monoisotopic (exact) mass is 493 g/mol. The molecule has 0 bridgehead atoms. The highest BCUT2D eigenvalue weighted by Crippen LogP contribution is 2.44. The van der Waals surface area contributed by atoms with Gasteiger partial charge in [-0.1, -0.05) is 12.1 Å². The van der Waals surface area contributed by atoms with Gasteiger partial charge < -0.3 is 31.4 Å². The van der Waals surface area contributed by atoms with Crippen molar-refractivity contribution >= 4 is 16.6 Å². The lowest BCUT2D eigenvalue weighted by Crippen LogP contribution is -3.00. The number of fused-ring (bicyclic) bond motifs is 5. The molecule has 0 unspecified atom stereocenters. The zero-order chi connectivity index (χ0) is 23.4. The van der Waals surface area contributed by atoms with Crippen molar-refractivity contribution in [3.63, 3.8) is 0 Å². The SMILES string of the molecule is COc1ccc2c(C(=O)c3ccccc3F)c3[n+](cc2c1OC)CCc1cc2c(cc1-3)OCO2.[Cl-]. The molecule has 0 fully saturated rings. The summed E-state index contributed by atoms with van der Waals surface area (Å²) in [4.78, 5) is 14.0. The van der Waals surface area contributed by atoms with Crippen LogP contribution in [0.3, 0.4) is 0 Å². The minimum atomic E-state index is -0.564. The number of benzene rings is 3. The van der Waals surface area contributed by atoms with Crippen LogP contribution in [0.2, 0.25) is 0 Å². The van der Waals surface area contributed by atoms with Gasteiger partial charge in [-0.2, -0.15) is 4.57 Å². The topological polar surface area (TPSA) is 57.9 Å². The summed E-state index contributed by atoms with van der Waals surface area (Å²) in [5, 5.41) is 1.37. The fourth-order valence-corrected chi connectivity index (χ4v) is 4.92. The molecule has 6 rings (SSSR count). The van der Waals surface area contributed by atoms with E-state index in [9.17, 15) is 9.18 Å². The van der Waals surface area contributed by atoms with Crippen molar-refractivity contribution in [2.75, 3.05) is 21.0 Å². The molecule has 0 radical (unpaired) electrons. The first-order valence-electron chi connectivity index (χ1n) is 10.9. The first-order chi connectivity index (χ1) is 16.6. The zero-order valence-electron chi connectivity index (χ0n) is 19.1. The summed E-state index contributed by atoms with van der Waals surface area (Å²) in [6.45, 7) is 0.795. The molecule has 0 spiro atoms. The third-order valence-electron chi connectivity index (χ3n) is 6.48. The minimum Gasteiger partial charge on any atom is -1.00 e. The quantitative estimate of drug-likeness (QED) is 0.318. The molecule has 0 aliphatic carbocycles. The number of carbonyl (C=O) groups is 1. The molecule has 35 heavy (non-hydrogen) atoms. The Morgan fingerprint density at radius 3 is 2.51 bits per heavy atom. The van der Waals surface area contributed by atoms with Gasteiger partial charge >= 0.3 is 0 Å². The Labute approximate surface area is 207 Å². The molecule has 2 aliphatic rings. The van der Waals surface area contributed by atoms with E-state index in [1.807, 2.05) is 29.0 Å². The van der Waals surface area contributed by atoms with E-state index in [1.165, 1.54) is 12.1 Å². The number of nitrogens with zero attached hydrogens (tertiary/aromatic N) is 1. The molecule has 0 saturated carbocycles. The van der Waals surface area contributed by atoms with Gasteiger partial charge in [0.15, 0.2) is 35.7 Å². The van der Waals surface area contributed by atoms with Crippen molar-refractivity contribution < 1.29 is 45.1 Å². The highest BCUT2D eigenvalue weighted by atomic mass is 35.5. The molecule has 3 heterocycles. The number of rotatable bonds is 4. The normalized spacial score (nSPS) is 13.0. The lowest BCUT2D eigenvalue weighted by molar-refractivity contribution is -0.686. The summed E-state index contributed by atoms with van der Waals surface area (Å²) in [5.74, 6) is 1.44. The number of aromatic nitrogens is 1. The number of hydrogen-bond acceptors (Lipinski definition) is 5. The third-order valence-corrected chi connectivity index (χ3v) is 6.48. The van der Waals surface area contributed by atoms with Gasteiger partial charge in [-0.3, -0.25) is 4.79 Å². The molecule has 0 saturated heterocycles. The maximum Gasteiger partial charge on any atom is 0.231 e. The molecule has 1 aromatic heterocycles. The minimum absolute atomic E-state index is 0. The lowest BCUT2D eigenvalue weighted by Gasteiger charge is -2.20. The Morgan fingerprint density at radius 1 is 1.00 bits per heavy atom. The van der Waals surface area contributed by atoms with Crippen LogP contribution in [0.25, 0.3) is 22.0 Å². The molecular weight excluding hydrogens is 473 g/mol. The summed E-state index contributed by atoms with van der Waals surface area (Å²) < 4.78 is 39.2. The zero-order valence-corrected chi connectivity index (χ0v) is 19.8. The standard InChI is InChI=1S/C27H21FNO5.ClH/c1-31-21-8-7-16-19(27(21)32-2)13-29-10-9-15-11-22-23(34-14-33-22)12-18(15)25(29)24(16)26(30)17-5-3-4-6-20(17)28;/h3-8,11-13H,9-10,14H2,1-2H3;1H/q+1;/p-1. The fraction of sp³-hybridized carbons (Fsp3) is 0.185. The van der Waals surface area contributed by atoms with E-state index in [0.29, 0.717) is 46.2 Å². The number of ether oxygens (including phenoxy) is 4. The van der Waals surface area contributed by atoms with E-state index in [1.54, 1.807) is 32.4 Å². The van der Waals surface area contributed by atoms with Gasteiger partial charge in [0.1, 0.15) is 11.4 Å². The van der Waals surface area contributed by atoms with E-state index in [0.717, 1.165) is 22.9 Å². The first kappa shape index (κ1) is 22.9. The second-order valence-corrected chi connectivity index (χ2v) is 8.23. The van der Waals surface area contributed by atoms with E-state index in [4.69, 9.17) is 18.9 Å². The van der Waals surface area contributed by atoms with Gasteiger partial charge in [-0.05, 0) is 42.0 Å². The van der Waals surface area contributed by atoms with Gasteiger partial charge in [0, 0.05) is 11.8 Å². The summed E-state index contributed by atoms with van der Waals surface area (Å²) in [6, 6.07) is 13.5. The second-order valence-electron chi connectivity index (χ2n) is 8.23.